The molecular weight excluding hydrogens is 199 g/mol. The van der Waals surface area contributed by atoms with Gasteiger partial charge in [0.15, 0.2) is 0 Å². The normalized spacial score (nSPS) is 28.8. The first-order valence-corrected chi connectivity index (χ1v) is 4.41. The Bertz CT molecular complexity index is 209. The van der Waals surface area contributed by atoms with Crippen LogP contribution in [0.1, 0.15) is 19.3 Å². The number of rotatable bonds is 2. The lowest BCUT2D eigenvalue weighted by Gasteiger charge is -2.30. The van der Waals surface area contributed by atoms with Crippen molar-refractivity contribution < 1.29 is 23.1 Å². The fourth-order valence-electron chi connectivity index (χ4n) is 1.62. The van der Waals surface area contributed by atoms with E-state index in [1.807, 2.05) is 0 Å². The Hall–Kier alpha value is -0.780. The molecule has 82 valence electrons. The molecule has 1 heterocycles. The molecule has 0 aromatic carbocycles. The highest BCUT2D eigenvalue weighted by molar-refractivity contribution is 5.67. The zero-order valence-corrected chi connectivity index (χ0v) is 7.47. The summed E-state index contributed by atoms with van der Waals surface area (Å²) in [4.78, 5) is 10.3. The molecule has 1 aliphatic rings. The predicted octanol–water partition coefficient (Wildman–Crippen LogP) is 1.39. The van der Waals surface area contributed by atoms with Gasteiger partial charge in [0.1, 0.15) is 6.04 Å². The van der Waals surface area contributed by atoms with Crippen LogP contribution in [0.3, 0.4) is 0 Å². The van der Waals surface area contributed by atoms with Crippen molar-refractivity contribution in [2.45, 2.75) is 31.5 Å². The summed E-state index contributed by atoms with van der Waals surface area (Å²) in [5.74, 6) is -1.13. The molecule has 0 aliphatic carbocycles. The first kappa shape index (κ1) is 11.3. The van der Waals surface area contributed by atoms with E-state index in [0.717, 1.165) is 0 Å². The second-order valence-corrected chi connectivity index (χ2v) is 3.54. The second kappa shape index (κ2) is 4.16. The van der Waals surface area contributed by atoms with Crippen LogP contribution in [0.15, 0.2) is 0 Å². The summed E-state index contributed by atoms with van der Waals surface area (Å²) in [6.45, 7) is 0.135. The first-order valence-electron chi connectivity index (χ1n) is 4.41. The van der Waals surface area contributed by atoms with Gasteiger partial charge in [-0.15, -0.1) is 0 Å². The summed E-state index contributed by atoms with van der Waals surface area (Å²) < 4.78 is 36.5. The Kier molecular flexibility index (Phi) is 3.36. The Balaban J connectivity index is 2.35. The van der Waals surface area contributed by atoms with Crippen LogP contribution < -0.4 is 5.32 Å². The standard InChI is InChI=1S/C8H12F3NO2/c9-8(10,11)6-2-1-5(4-12-6)3-7(13)14/h5-6,12H,1-4H2,(H,13,14)/t5-,6-/m0/s1. The molecule has 1 rings (SSSR count). The van der Waals surface area contributed by atoms with Gasteiger partial charge in [-0.1, -0.05) is 0 Å². The number of carboxylic acids is 1. The van der Waals surface area contributed by atoms with E-state index in [4.69, 9.17) is 5.11 Å². The molecule has 0 bridgehead atoms. The van der Waals surface area contributed by atoms with Crippen molar-refractivity contribution in [2.75, 3.05) is 6.54 Å². The maximum atomic E-state index is 12.2. The number of carbonyl (C=O) groups is 1. The van der Waals surface area contributed by atoms with Crippen molar-refractivity contribution in [1.82, 2.24) is 5.32 Å². The number of alkyl halides is 3. The molecule has 0 radical (unpaired) electrons. The highest BCUT2D eigenvalue weighted by atomic mass is 19.4. The highest BCUT2D eigenvalue weighted by Crippen LogP contribution is 2.28. The van der Waals surface area contributed by atoms with E-state index in [0.29, 0.717) is 6.42 Å². The molecular formula is C8H12F3NO2. The van der Waals surface area contributed by atoms with Crippen LogP contribution in [-0.2, 0) is 4.79 Å². The highest BCUT2D eigenvalue weighted by Gasteiger charge is 2.41. The number of nitrogens with one attached hydrogen (secondary N) is 1. The Labute approximate surface area is 79.3 Å². The third-order valence-electron chi connectivity index (χ3n) is 2.37. The van der Waals surface area contributed by atoms with E-state index in [-0.39, 0.29) is 25.3 Å². The SMILES string of the molecule is O=C(O)C[C@@H]1CC[C@@H](C(F)(F)F)NC1. The number of halogens is 3. The van der Waals surface area contributed by atoms with E-state index >= 15 is 0 Å². The summed E-state index contributed by atoms with van der Waals surface area (Å²) in [7, 11) is 0. The fraction of sp³-hybridized carbons (Fsp3) is 0.875. The lowest BCUT2D eigenvalue weighted by Crippen LogP contribution is -2.48. The maximum Gasteiger partial charge on any atom is 0.403 e. The molecule has 0 saturated carbocycles. The van der Waals surface area contributed by atoms with Gasteiger partial charge in [0.05, 0.1) is 0 Å². The molecule has 2 N–H and O–H groups in total. The third kappa shape index (κ3) is 3.17. The number of hydrogen-bond donors (Lipinski definition) is 2. The molecule has 2 atom stereocenters. The Morgan fingerprint density at radius 1 is 1.43 bits per heavy atom. The van der Waals surface area contributed by atoms with Crippen LogP contribution in [0.4, 0.5) is 13.2 Å². The third-order valence-corrected chi connectivity index (χ3v) is 2.37. The Morgan fingerprint density at radius 2 is 2.07 bits per heavy atom. The molecule has 0 unspecified atom stereocenters. The summed E-state index contributed by atoms with van der Waals surface area (Å²) in [5, 5.41) is 10.8. The van der Waals surface area contributed by atoms with Crippen LogP contribution in [0, 0.1) is 5.92 Å². The molecule has 0 spiro atoms. The van der Waals surface area contributed by atoms with E-state index < -0.39 is 18.2 Å². The maximum absolute atomic E-state index is 12.2. The lowest BCUT2D eigenvalue weighted by atomic mass is 9.92. The molecule has 1 aliphatic heterocycles. The topological polar surface area (TPSA) is 49.3 Å². The largest absolute Gasteiger partial charge is 0.481 e. The minimum absolute atomic E-state index is 0.0263. The number of hydrogen-bond acceptors (Lipinski definition) is 2. The Morgan fingerprint density at radius 3 is 2.43 bits per heavy atom. The van der Waals surface area contributed by atoms with Crippen LogP contribution in [-0.4, -0.2) is 29.8 Å². The van der Waals surface area contributed by atoms with E-state index in [1.54, 1.807) is 0 Å². The first-order chi connectivity index (χ1) is 6.39. The summed E-state index contributed by atoms with van der Waals surface area (Å²) >= 11 is 0. The summed E-state index contributed by atoms with van der Waals surface area (Å²) in [6, 6.07) is -1.47. The number of aliphatic carboxylic acids is 1. The molecule has 0 amide bonds. The lowest BCUT2D eigenvalue weighted by molar-refractivity contribution is -0.162. The summed E-state index contributed by atoms with van der Waals surface area (Å²) in [6.07, 6.45) is -3.98. The minimum Gasteiger partial charge on any atom is -0.481 e. The molecule has 1 fully saturated rings. The van der Waals surface area contributed by atoms with Crippen molar-refractivity contribution in [3.05, 3.63) is 0 Å². The van der Waals surface area contributed by atoms with Crippen molar-refractivity contribution in [3.63, 3.8) is 0 Å². The fourth-order valence-corrected chi connectivity index (χ4v) is 1.62. The molecule has 3 nitrogen and oxygen atoms in total. The minimum atomic E-state index is -4.21. The van der Waals surface area contributed by atoms with E-state index in [9.17, 15) is 18.0 Å². The van der Waals surface area contributed by atoms with Gasteiger partial charge in [-0.05, 0) is 25.3 Å². The van der Waals surface area contributed by atoms with Crippen LogP contribution >= 0.6 is 0 Å². The van der Waals surface area contributed by atoms with Gasteiger partial charge in [0.25, 0.3) is 0 Å². The smallest absolute Gasteiger partial charge is 0.403 e. The average molecular weight is 211 g/mol. The van der Waals surface area contributed by atoms with Crippen LogP contribution in [0.5, 0.6) is 0 Å². The van der Waals surface area contributed by atoms with Crippen molar-refractivity contribution in [1.29, 1.82) is 0 Å². The second-order valence-electron chi connectivity index (χ2n) is 3.54. The molecule has 6 heteroatoms. The van der Waals surface area contributed by atoms with Crippen LogP contribution in [0.25, 0.3) is 0 Å². The van der Waals surface area contributed by atoms with Gasteiger partial charge in [-0.25, -0.2) is 0 Å². The molecule has 0 aromatic rings. The van der Waals surface area contributed by atoms with Gasteiger partial charge in [-0.2, -0.15) is 13.2 Å². The molecule has 1 saturated heterocycles. The van der Waals surface area contributed by atoms with Gasteiger partial charge >= 0.3 is 12.1 Å². The predicted molar refractivity (Wildman–Crippen MR) is 42.8 cm³/mol. The van der Waals surface area contributed by atoms with Gasteiger partial charge in [0, 0.05) is 6.42 Å². The van der Waals surface area contributed by atoms with Gasteiger partial charge < -0.3 is 10.4 Å². The van der Waals surface area contributed by atoms with Gasteiger partial charge in [0.2, 0.25) is 0 Å². The van der Waals surface area contributed by atoms with Crippen molar-refractivity contribution in [3.8, 4) is 0 Å². The van der Waals surface area contributed by atoms with Crippen LogP contribution in [0.2, 0.25) is 0 Å². The monoisotopic (exact) mass is 211 g/mol. The molecule has 14 heavy (non-hydrogen) atoms. The van der Waals surface area contributed by atoms with Crippen molar-refractivity contribution in [2.24, 2.45) is 5.92 Å². The number of piperidine rings is 1. The molecule has 0 aromatic heterocycles. The zero-order valence-electron chi connectivity index (χ0n) is 7.47. The number of carboxylic acid groups (broad SMARTS) is 1. The van der Waals surface area contributed by atoms with E-state index in [2.05, 4.69) is 5.32 Å². The van der Waals surface area contributed by atoms with Gasteiger partial charge in [-0.3, -0.25) is 4.79 Å². The quantitative estimate of drug-likeness (QED) is 0.725. The van der Waals surface area contributed by atoms with Crippen molar-refractivity contribution >= 4 is 5.97 Å². The zero-order chi connectivity index (χ0) is 10.8. The van der Waals surface area contributed by atoms with E-state index in [1.165, 1.54) is 0 Å². The summed E-state index contributed by atoms with van der Waals surface area (Å²) in [5.41, 5.74) is 0. The average Bonchev–Trinajstić information content (AvgIpc) is 2.02.